The van der Waals surface area contributed by atoms with Crippen LogP contribution in [0.15, 0.2) is 53.1 Å². The molecule has 1 aromatic heterocycles. The number of piperazine rings is 1. The fraction of sp³-hybridized carbons (Fsp3) is 0.333. The molecule has 1 saturated heterocycles. The predicted molar refractivity (Wildman–Crippen MR) is 115 cm³/mol. The molecule has 2 aromatic carbocycles. The molecular weight excluding hydrogens is 399 g/mol. The van der Waals surface area contributed by atoms with E-state index in [0.29, 0.717) is 31.9 Å². The first kappa shape index (κ1) is 20.9. The molecule has 1 amide bonds. The summed E-state index contributed by atoms with van der Waals surface area (Å²) in [5.41, 5.74) is 3.19. The highest BCUT2D eigenvalue weighted by Gasteiger charge is 2.23. The monoisotopic (exact) mass is 424 g/mol. The van der Waals surface area contributed by atoms with Crippen LogP contribution in [0.5, 0.6) is 0 Å². The van der Waals surface area contributed by atoms with Crippen LogP contribution in [0.3, 0.4) is 0 Å². The Morgan fingerprint density at radius 3 is 2.61 bits per heavy atom. The van der Waals surface area contributed by atoms with Gasteiger partial charge in [0, 0.05) is 37.1 Å². The number of rotatable bonds is 6. The number of hydrogen-bond acceptors (Lipinski definition) is 5. The van der Waals surface area contributed by atoms with Gasteiger partial charge in [-0.05, 0) is 30.2 Å². The Balaban J connectivity index is 1.26. The number of para-hydroxylation sites is 1. The van der Waals surface area contributed by atoms with Gasteiger partial charge in [-0.25, -0.2) is 4.39 Å². The highest BCUT2D eigenvalue weighted by Crippen LogP contribution is 2.24. The molecule has 0 spiro atoms. The van der Waals surface area contributed by atoms with Gasteiger partial charge in [-0.1, -0.05) is 31.2 Å². The summed E-state index contributed by atoms with van der Waals surface area (Å²) in [5, 5.41) is 0.879. The molecule has 0 radical (unpaired) electrons. The summed E-state index contributed by atoms with van der Waals surface area (Å²) in [4.78, 5) is 28.2. The molecule has 1 fully saturated rings. The molecule has 4 rings (SSSR count). The molecule has 31 heavy (non-hydrogen) atoms. The Labute approximate surface area is 180 Å². The third kappa shape index (κ3) is 4.71. The summed E-state index contributed by atoms with van der Waals surface area (Å²) < 4.78 is 24.7. The Kier molecular flexibility index (Phi) is 6.21. The van der Waals surface area contributed by atoms with Crippen molar-refractivity contribution in [2.45, 2.75) is 19.8 Å². The molecule has 6 nitrogen and oxygen atoms in total. The van der Waals surface area contributed by atoms with Crippen molar-refractivity contribution in [1.29, 1.82) is 0 Å². The van der Waals surface area contributed by atoms with Crippen LogP contribution < -0.4 is 4.90 Å². The van der Waals surface area contributed by atoms with Gasteiger partial charge in [-0.15, -0.1) is 0 Å². The number of fused-ring (bicyclic) bond motifs is 1. The SMILES string of the molecule is CCc1ccc2c(CC(=O)OCC(=O)N3CCN(c4ccccc4F)CC3)coc2c1. The minimum absolute atomic E-state index is 0.0484. The van der Waals surface area contributed by atoms with E-state index in [1.165, 1.54) is 6.07 Å². The van der Waals surface area contributed by atoms with Crippen LogP contribution in [0.1, 0.15) is 18.1 Å². The molecule has 0 atom stereocenters. The summed E-state index contributed by atoms with van der Waals surface area (Å²) in [6.07, 6.45) is 2.52. The van der Waals surface area contributed by atoms with Crippen LogP contribution in [0.4, 0.5) is 10.1 Å². The fourth-order valence-electron chi connectivity index (χ4n) is 3.83. The minimum Gasteiger partial charge on any atom is -0.464 e. The summed E-state index contributed by atoms with van der Waals surface area (Å²) in [5.74, 6) is -0.985. The zero-order chi connectivity index (χ0) is 21.8. The van der Waals surface area contributed by atoms with Crippen LogP contribution in [0, 0.1) is 5.82 Å². The van der Waals surface area contributed by atoms with E-state index in [2.05, 4.69) is 6.92 Å². The molecule has 2 heterocycles. The number of furan rings is 1. The van der Waals surface area contributed by atoms with Gasteiger partial charge in [0.05, 0.1) is 18.4 Å². The number of ether oxygens (including phenoxy) is 1. The van der Waals surface area contributed by atoms with Gasteiger partial charge in [0.2, 0.25) is 0 Å². The summed E-state index contributed by atoms with van der Waals surface area (Å²) in [7, 11) is 0. The van der Waals surface area contributed by atoms with Crippen molar-refractivity contribution < 1.29 is 23.1 Å². The number of esters is 1. The van der Waals surface area contributed by atoms with Crippen LogP contribution in [0.25, 0.3) is 11.0 Å². The van der Waals surface area contributed by atoms with Crippen molar-refractivity contribution >= 4 is 28.5 Å². The molecule has 1 aliphatic heterocycles. The highest BCUT2D eigenvalue weighted by atomic mass is 19.1. The first-order valence-corrected chi connectivity index (χ1v) is 10.5. The molecule has 3 aromatic rings. The smallest absolute Gasteiger partial charge is 0.310 e. The fourth-order valence-corrected chi connectivity index (χ4v) is 3.83. The zero-order valence-electron chi connectivity index (χ0n) is 17.5. The topological polar surface area (TPSA) is 63.0 Å². The summed E-state index contributed by atoms with van der Waals surface area (Å²) in [6, 6.07) is 12.5. The maximum absolute atomic E-state index is 13.9. The van der Waals surface area contributed by atoms with E-state index in [4.69, 9.17) is 9.15 Å². The lowest BCUT2D eigenvalue weighted by Crippen LogP contribution is -2.50. The van der Waals surface area contributed by atoms with E-state index in [0.717, 1.165) is 28.5 Å². The van der Waals surface area contributed by atoms with Crippen LogP contribution >= 0.6 is 0 Å². The molecule has 162 valence electrons. The summed E-state index contributed by atoms with van der Waals surface area (Å²) in [6.45, 7) is 3.74. The number of halogens is 1. The minimum atomic E-state index is -0.472. The lowest BCUT2D eigenvalue weighted by molar-refractivity contribution is -0.151. The normalized spacial score (nSPS) is 14.1. The number of nitrogens with zero attached hydrogens (tertiary/aromatic N) is 2. The second-order valence-corrected chi connectivity index (χ2v) is 7.60. The summed E-state index contributed by atoms with van der Waals surface area (Å²) >= 11 is 0. The quantitative estimate of drug-likeness (QED) is 0.566. The molecular formula is C24H25FN2O4. The van der Waals surface area contributed by atoms with Gasteiger partial charge < -0.3 is 19.0 Å². The molecule has 1 aliphatic rings. The number of hydrogen-bond donors (Lipinski definition) is 0. The third-order valence-corrected chi connectivity index (χ3v) is 5.65. The van der Waals surface area contributed by atoms with Crippen molar-refractivity contribution in [2.75, 3.05) is 37.7 Å². The predicted octanol–water partition coefficient (Wildman–Crippen LogP) is 3.57. The van der Waals surface area contributed by atoms with Crippen LogP contribution in [-0.2, 0) is 27.2 Å². The average molecular weight is 424 g/mol. The maximum Gasteiger partial charge on any atom is 0.310 e. The van der Waals surface area contributed by atoms with Gasteiger partial charge in [-0.2, -0.15) is 0 Å². The molecule has 0 aliphatic carbocycles. The molecule has 0 N–H and O–H groups in total. The Hall–Kier alpha value is -3.35. The lowest BCUT2D eigenvalue weighted by Gasteiger charge is -2.36. The van der Waals surface area contributed by atoms with E-state index in [-0.39, 0.29) is 24.8 Å². The second-order valence-electron chi connectivity index (χ2n) is 7.60. The van der Waals surface area contributed by atoms with Crippen molar-refractivity contribution in [1.82, 2.24) is 4.90 Å². The maximum atomic E-state index is 13.9. The van der Waals surface area contributed by atoms with Crippen molar-refractivity contribution in [3.63, 3.8) is 0 Å². The number of carbonyl (C=O) groups excluding carboxylic acids is 2. The van der Waals surface area contributed by atoms with Crippen LogP contribution in [-0.4, -0.2) is 49.6 Å². The average Bonchev–Trinajstić information content (AvgIpc) is 3.19. The van der Waals surface area contributed by atoms with Gasteiger partial charge in [0.25, 0.3) is 5.91 Å². The number of aryl methyl sites for hydroxylation is 1. The first-order chi connectivity index (χ1) is 15.0. The molecule has 0 saturated carbocycles. The number of amides is 1. The van der Waals surface area contributed by atoms with E-state index in [9.17, 15) is 14.0 Å². The van der Waals surface area contributed by atoms with Gasteiger partial charge >= 0.3 is 5.97 Å². The number of anilines is 1. The zero-order valence-corrected chi connectivity index (χ0v) is 17.5. The van der Waals surface area contributed by atoms with E-state index in [1.54, 1.807) is 29.4 Å². The van der Waals surface area contributed by atoms with E-state index >= 15 is 0 Å². The Morgan fingerprint density at radius 1 is 1.10 bits per heavy atom. The Morgan fingerprint density at radius 2 is 1.87 bits per heavy atom. The number of carbonyl (C=O) groups is 2. The van der Waals surface area contributed by atoms with E-state index in [1.807, 2.05) is 23.1 Å². The van der Waals surface area contributed by atoms with Crippen molar-refractivity contribution in [2.24, 2.45) is 0 Å². The first-order valence-electron chi connectivity index (χ1n) is 10.5. The van der Waals surface area contributed by atoms with Crippen molar-refractivity contribution in [3.8, 4) is 0 Å². The largest absolute Gasteiger partial charge is 0.464 e. The number of benzene rings is 2. The lowest BCUT2D eigenvalue weighted by atomic mass is 10.1. The highest BCUT2D eigenvalue weighted by molar-refractivity contribution is 5.87. The van der Waals surface area contributed by atoms with Crippen molar-refractivity contribution in [3.05, 3.63) is 65.7 Å². The van der Waals surface area contributed by atoms with E-state index < -0.39 is 5.97 Å². The van der Waals surface area contributed by atoms with Crippen LogP contribution in [0.2, 0.25) is 0 Å². The standard InChI is InChI=1S/C24H25FN2O4/c1-2-17-7-8-19-18(15-30-22(19)13-17)14-24(29)31-16-23(28)27-11-9-26(10-12-27)21-6-4-3-5-20(21)25/h3-8,13,15H,2,9-12,14,16H2,1H3. The second kappa shape index (κ2) is 9.20. The third-order valence-electron chi connectivity index (χ3n) is 5.65. The Bertz CT molecular complexity index is 1090. The van der Waals surface area contributed by atoms with Gasteiger partial charge in [0.1, 0.15) is 11.4 Å². The molecule has 0 bridgehead atoms. The van der Waals surface area contributed by atoms with Gasteiger partial charge in [0.15, 0.2) is 6.61 Å². The molecule has 7 heteroatoms. The van der Waals surface area contributed by atoms with Gasteiger partial charge in [-0.3, -0.25) is 9.59 Å². The molecule has 0 unspecified atom stereocenters.